The first-order chi connectivity index (χ1) is 45.7. The summed E-state index contributed by atoms with van der Waals surface area (Å²) in [5, 5.41) is 0. The molecule has 0 atom stereocenters. The van der Waals surface area contributed by atoms with Crippen LogP contribution < -0.4 is 0 Å². The van der Waals surface area contributed by atoms with Gasteiger partial charge in [-0.3, -0.25) is 9.59 Å². The van der Waals surface area contributed by atoms with Gasteiger partial charge in [-0.1, -0.05) is 260 Å². The van der Waals surface area contributed by atoms with E-state index in [0.29, 0.717) is 12.8 Å². The van der Waals surface area contributed by atoms with Crippen LogP contribution in [0.2, 0.25) is 0 Å². The summed E-state index contributed by atoms with van der Waals surface area (Å²) in [6.07, 6.45) is 25.8. The van der Waals surface area contributed by atoms with E-state index in [4.69, 9.17) is 9.47 Å². The van der Waals surface area contributed by atoms with E-state index in [9.17, 15) is 9.59 Å². The minimum absolute atomic E-state index is 0.115. The molecule has 0 aliphatic heterocycles. The van der Waals surface area contributed by atoms with E-state index in [0.717, 1.165) is 64.2 Å². The molecule has 8 aromatic rings. The van der Waals surface area contributed by atoms with Gasteiger partial charge in [0.05, 0.1) is 5.41 Å². The highest BCUT2D eigenvalue weighted by molar-refractivity contribution is 5.97. The van der Waals surface area contributed by atoms with Gasteiger partial charge in [0, 0.05) is 23.7 Å². The van der Waals surface area contributed by atoms with E-state index >= 15 is 0 Å². The van der Waals surface area contributed by atoms with Crippen molar-refractivity contribution in [2.75, 3.05) is 0 Å². The van der Waals surface area contributed by atoms with Crippen LogP contribution in [-0.4, -0.2) is 23.1 Å². The second kappa shape index (κ2) is 28.0. The fourth-order valence-electron chi connectivity index (χ4n) is 17.7. The van der Waals surface area contributed by atoms with Crippen molar-refractivity contribution in [1.82, 2.24) is 0 Å². The van der Waals surface area contributed by atoms with Crippen LogP contribution in [0, 0.1) is 27.7 Å². The van der Waals surface area contributed by atoms with E-state index in [-0.39, 0.29) is 22.8 Å². The lowest BCUT2D eigenvalue weighted by Gasteiger charge is -2.34. The van der Waals surface area contributed by atoms with Crippen molar-refractivity contribution in [3.05, 3.63) is 212 Å². The minimum atomic E-state index is -0.495. The largest absolute Gasteiger partial charge is 0.460 e. The van der Waals surface area contributed by atoms with Gasteiger partial charge < -0.3 is 9.47 Å². The quantitative estimate of drug-likeness (QED) is 0.0362. The highest BCUT2D eigenvalue weighted by Crippen LogP contribution is 2.64. The minimum Gasteiger partial charge on any atom is -0.460 e. The number of ether oxygens (including phenoxy) is 2. The molecule has 0 heterocycles. The van der Waals surface area contributed by atoms with Crippen molar-refractivity contribution < 1.29 is 19.1 Å². The topological polar surface area (TPSA) is 52.6 Å². The second-order valence-corrected chi connectivity index (χ2v) is 31.5. The van der Waals surface area contributed by atoms with Gasteiger partial charge in [-0.05, 0) is 243 Å². The van der Waals surface area contributed by atoms with Crippen LogP contribution in [0.4, 0.5) is 0 Å². The van der Waals surface area contributed by atoms with Gasteiger partial charge in [0.25, 0.3) is 0 Å². The van der Waals surface area contributed by atoms with Gasteiger partial charge >= 0.3 is 11.9 Å². The molecule has 0 saturated heterocycles. The van der Waals surface area contributed by atoms with E-state index in [2.05, 4.69) is 187 Å². The number of aryl methyl sites for hydroxylation is 4. The molecule has 0 fully saturated rings. The fourth-order valence-corrected chi connectivity index (χ4v) is 17.7. The third-order valence-electron chi connectivity index (χ3n) is 22.0. The van der Waals surface area contributed by atoms with Gasteiger partial charge in [-0.2, -0.15) is 0 Å². The van der Waals surface area contributed by atoms with E-state index in [1.165, 1.54) is 211 Å². The van der Waals surface area contributed by atoms with E-state index in [1.807, 2.05) is 41.5 Å². The number of unbranched alkanes of at least 4 members (excludes halogenated alkanes) is 14. The summed E-state index contributed by atoms with van der Waals surface area (Å²) in [6, 6.07) is 59.0. The molecule has 0 amide bonds. The van der Waals surface area contributed by atoms with Gasteiger partial charge in [-0.25, -0.2) is 0 Å². The molecule has 4 nitrogen and oxygen atoms in total. The van der Waals surface area contributed by atoms with Gasteiger partial charge in [0.2, 0.25) is 0 Å². The molecule has 4 heteroatoms. The highest BCUT2D eigenvalue weighted by atomic mass is 16.6. The zero-order chi connectivity index (χ0) is 66.9. The average Bonchev–Trinajstić information content (AvgIpc) is 1.51. The van der Waals surface area contributed by atoms with Crippen molar-refractivity contribution >= 4 is 11.9 Å². The molecule has 95 heavy (non-hydrogen) atoms. The Morgan fingerprint density at radius 3 is 0.832 bits per heavy atom. The van der Waals surface area contributed by atoms with E-state index in [1.54, 1.807) is 0 Å². The SMILES string of the molecule is CCCCCCCCC1(CCCCCCCC)c2cc(-c3ccc4c(c3)C(CCCCCC(=O)OC(C)(C)C)(CCCCCC(=O)OC(C)(C)C)c3cc(C)ccc3-4)ccc2-c2ccc(-c3ccc4c(c3)C3(c5cc(C)ccc5-c5ccc(C)cc53)c3cc(C)ccc3-4)cc21. The van der Waals surface area contributed by atoms with Crippen molar-refractivity contribution in [3.8, 4) is 66.8 Å². The van der Waals surface area contributed by atoms with Gasteiger partial charge in [0.1, 0.15) is 11.2 Å². The Morgan fingerprint density at radius 2 is 0.526 bits per heavy atom. The average molecular weight is 1270 g/mol. The highest BCUT2D eigenvalue weighted by Gasteiger charge is 2.52. The van der Waals surface area contributed by atoms with Crippen LogP contribution in [0.15, 0.2) is 146 Å². The molecule has 0 radical (unpaired) electrons. The lowest BCUT2D eigenvalue weighted by atomic mass is 9.69. The second-order valence-electron chi connectivity index (χ2n) is 31.5. The number of fused-ring (bicyclic) bond motifs is 16. The van der Waals surface area contributed by atoms with Gasteiger partial charge in [0.15, 0.2) is 0 Å². The first-order valence-electron chi connectivity index (χ1n) is 37.2. The summed E-state index contributed by atoms with van der Waals surface area (Å²) in [7, 11) is 0. The number of benzene rings is 8. The molecule has 0 N–H and O–H groups in total. The molecular weight excluding hydrogens is 1160 g/mol. The maximum absolute atomic E-state index is 13.0. The molecule has 496 valence electrons. The van der Waals surface area contributed by atoms with Crippen LogP contribution in [0.1, 0.15) is 276 Å². The van der Waals surface area contributed by atoms with E-state index < -0.39 is 16.6 Å². The Balaban J connectivity index is 0.958. The monoisotopic (exact) mass is 1260 g/mol. The number of carbonyl (C=O) groups is 2. The first-order valence-corrected chi connectivity index (χ1v) is 37.2. The fraction of sp³-hybridized carbons (Fsp3) is 0.451. The summed E-state index contributed by atoms with van der Waals surface area (Å²) in [6.45, 7) is 25.4. The molecular formula is C91H108O4. The normalized spacial score (nSPS) is 14.6. The molecule has 0 bridgehead atoms. The summed E-state index contributed by atoms with van der Waals surface area (Å²) in [4.78, 5) is 26.0. The summed E-state index contributed by atoms with van der Waals surface area (Å²) in [5.41, 5.74) is 31.0. The standard InChI is InChI=1S/C91H108O4/c1-13-15-17-19-21-27-49-90(50-28-22-20-18-16-14-2)79-58-66(65-37-45-70-69-41-33-61(3)53-77(69)89(78(70)57-65,51-29-23-25-31-85(92)94-87(7,8)9)52-30-24-26-32-86(93)95-88(10,11)12)38-46-71(79)72-47-39-67(59-80(72)90)68-40-48-76-75-44-36-64(6)56-83(75)91(84(76)60-68)81-54-62(4)34-42-73(81)74-43-35-63(5)55-82(74)91/h33-48,53-60H,13-32,49-52H2,1-12H3. The maximum Gasteiger partial charge on any atom is 0.306 e. The lowest BCUT2D eigenvalue weighted by molar-refractivity contribution is -0.156. The van der Waals surface area contributed by atoms with Gasteiger partial charge in [-0.15, -0.1) is 0 Å². The van der Waals surface area contributed by atoms with Crippen LogP contribution in [0.25, 0.3) is 66.8 Å². The lowest BCUT2D eigenvalue weighted by Crippen LogP contribution is -2.26. The number of esters is 2. The molecule has 0 aromatic heterocycles. The summed E-state index contributed by atoms with van der Waals surface area (Å²) < 4.78 is 11.5. The Morgan fingerprint density at radius 1 is 0.295 bits per heavy atom. The number of rotatable bonds is 28. The number of hydrogen-bond donors (Lipinski definition) is 0. The van der Waals surface area contributed by atoms with Crippen LogP contribution in [-0.2, 0) is 35.3 Å². The summed E-state index contributed by atoms with van der Waals surface area (Å²) in [5.74, 6) is -0.229. The van der Waals surface area contributed by atoms with Crippen molar-refractivity contribution in [1.29, 1.82) is 0 Å². The first kappa shape index (κ1) is 67.7. The third kappa shape index (κ3) is 13.5. The zero-order valence-electron chi connectivity index (χ0n) is 60.0. The summed E-state index contributed by atoms with van der Waals surface area (Å²) >= 11 is 0. The molecule has 0 saturated carbocycles. The molecule has 8 aromatic carbocycles. The molecule has 4 aliphatic rings. The Bertz CT molecular complexity index is 4010. The number of carbonyl (C=O) groups excluding carboxylic acids is 2. The Labute approximate surface area is 571 Å². The predicted octanol–water partition coefficient (Wildman–Crippen LogP) is 25.2. The van der Waals surface area contributed by atoms with Crippen LogP contribution in [0.5, 0.6) is 0 Å². The predicted molar refractivity (Wildman–Crippen MR) is 399 cm³/mol. The Hall–Kier alpha value is -7.30. The molecule has 1 spiro atoms. The maximum atomic E-state index is 13.0. The Kier molecular flexibility index (Phi) is 20.0. The number of hydrogen-bond acceptors (Lipinski definition) is 4. The van der Waals surface area contributed by atoms with Crippen molar-refractivity contribution in [2.45, 2.75) is 265 Å². The zero-order valence-corrected chi connectivity index (χ0v) is 60.0. The van der Waals surface area contributed by atoms with Crippen LogP contribution >= 0.6 is 0 Å². The van der Waals surface area contributed by atoms with Crippen molar-refractivity contribution in [2.24, 2.45) is 0 Å². The van der Waals surface area contributed by atoms with Crippen molar-refractivity contribution in [3.63, 3.8) is 0 Å². The third-order valence-corrected chi connectivity index (χ3v) is 22.0. The van der Waals surface area contributed by atoms with Crippen LogP contribution in [0.3, 0.4) is 0 Å². The molecule has 4 aliphatic carbocycles. The molecule has 12 rings (SSSR count). The molecule has 0 unspecified atom stereocenters. The smallest absolute Gasteiger partial charge is 0.306 e.